The normalized spacial score (nSPS) is 15.0. The number of amides is 1. The molecule has 7 heteroatoms. The number of likely N-dealkylation sites (tertiary alicyclic amines) is 1. The zero-order valence-electron chi connectivity index (χ0n) is 14.2. The molecule has 2 aromatic heterocycles. The summed E-state index contributed by atoms with van der Waals surface area (Å²) in [7, 11) is 0. The van der Waals surface area contributed by atoms with Gasteiger partial charge in [-0.05, 0) is 38.4 Å². The molecule has 0 aliphatic carbocycles. The molecule has 130 valence electrons. The molecule has 7 nitrogen and oxygen atoms in total. The van der Waals surface area contributed by atoms with Crippen molar-refractivity contribution in [3.63, 3.8) is 0 Å². The first-order chi connectivity index (χ1) is 11.8. The van der Waals surface area contributed by atoms with E-state index in [4.69, 9.17) is 4.42 Å². The number of aryl methyl sites for hydroxylation is 2. The Hall–Kier alpha value is -2.15. The van der Waals surface area contributed by atoms with Crippen molar-refractivity contribution >= 4 is 5.91 Å². The predicted molar refractivity (Wildman–Crippen MR) is 89.6 cm³/mol. The maximum Gasteiger partial charge on any atom is 0.287 e. The second-order valence-electron chi connectivity index (χ2n) is 6.17. The highest BCUT2D eigenvalue weighted by atomic mass is 16.4. The van der Waals surface area contributed by atoms with Crippen molar-refractivity contribution < 1.29 is 9.21 Å². The topological polar surface area (TPSA) is 76.2 Å². The summed E-state index contributed by atoms with van der Waals surface area (Å²) in [5.74, 6) is 1.20. The van der Waals surface area contributed by atoms with E-state index in [1.807, 2.05) is 12.3 Å². The number of carbonyl (C=O) groups is 1. The molecule has 0 bridgehead atoms. The fourth-order valence-corrected chi connectivity index (χ4v) is 3.08. The van der Waals surface area contributed by atoms with Crippen molar-refractivity contribution in [3.05, 3.63) is 35.5 Å². The van der Waals surface area contributed by atoms with Crippen LogP contribution in [0.1, 0.15) is 48.1 Å². The minimum Gasteiger partial charge on any atom is -0.456 e. The summed E-state index contributed by atoms with van der Waals surface area (Å²) in [5.41, 5.74) is 1.15. The van der Waals surface area contributed by atoms with Gasteiger partial charge >= 0.3 is 0 Å². The average molecular weight is 331 g/mol. The molecule has 0 aromatic carbocycles. The molecule has 0 saturated carbocycles. The highest BCUT2D eigenvalue weighted by molar-refractivity contribution is 5.91. The van der Waals surface area contributed by atoms with E-state index >= 15 is 0 Å². The van der Waals surface area contributed by atoms with Gasteiger partial charge < -0.3 is 9.73 Å². The molecule has 1 saturated heterocycles. The third-order valence-electron chi connectivity index (χ3n) is 4.36. The van der Waals surface area contributed by atoms with Crippen LogP contribution in [0.15, 0.2) is 22.9 Å². The molecule has 1 fully saturated rings. The molecule has 0 radical (unpaired) electrons. The van der Waals surface area contributed by atoms with Crippen LogP contribution in [0.2, 0.25) is 0 Å². The molecule has 24 heavy (non-hydrogen) atoms. The Morgan fingerprint density at radius 1 is 1.38 bits per heavy atom. The second kappa shape index (κ2) is 8.10. The first kappa shape index (κ1) is 16.7. The summed E-state index contributed by atoms with van der Waals surface area (Å²) in [6, 6.07) is 1.91. The highest BCUT2D eigenvalue weighted by Crippen LogP contribution is 2.20. The van der Waals surface area contributed by atoms with Crippen LogP contribution < -0.4 is 5.32 Å². The fourth-order valence-electron chi connectivity index (χ4n) is 3.08. The summed E-state index contributed by atoms with van der Waals surface area (Å²) in [6.07, 6.45) is 7.60. The molecule has 3 heterocycles. The van der Waals surface area contributed by atoms with Crippen molar-refractivity contribution in [2.75, 3.05) is 19.6 Å². The van der Waals surface area contributed by atoms with E-state index < -0.39 is 0 Å². The quantitative estimate of drug-likeness (QED) is 0.747. The Morgan fingerprint density at radius 2 is 2.21 bits per heavy atom. The van der Waals surface area contributed by atoms with Gasteiger partial charge in [0.15, 0.2) is 5.76 Å². The van der Waals surface area contributed by atoms with E-state index in [-0.39, 0.29) is 5.91 Å². The monoisotopic (exact) mass is 331 g/mol. The van der Waals surface area contributed by atoms with Crippen LogP contribution in [0.25, 0.3) is 0 Å². The van der Waals surface area contributed by atoms with Crippen LogP contribution >= 0.6 is 0 Å². The van der Waals surface area contributed by atoms with Crippen LogP contribution in [-0.4, -0.2) is 45.4 Å². The predicted octanol–water partition coefficient (Wildman–Crippen LogP) is 1.85. The maximum atomic E-state index is 12.3. The third kappa shape index (κ3) is 4.23. The van der Waals surface area contributed by atoms with Gasteiger partial charge in [0.2, 0.25) is 0 Å². The summed E-state index contributed by atoms with van der Waals surface area (Å²) in [4.78, 5) is 14.7. The summed E-state index contributed by atoms with van der Waals surface area (Å²) in [6.45, 7) is 6.54. The van der Waals surface area contributed by atoms with Gasteiger partial charge in [-0.2, -0.15) is 0 Å². The largest absolute Gasteiger partial charge is 0.456 e. The Balaban J connectivity index is 1.51. The van der Waals surface area contributed by atoms with Crippen LogP contribution in [0.3, 0.4) is 0 Å². The van der Waals surface area contributed by atoms with Gasteiger partial charge in [0, 0.05) is 37.8 Å². The lowest BCUT2D eigenvalue weighted by Gasteiger charge is -2.13. The van der Waals surface area contributed by atoms with Crippen molar-refractivity contribution in [3.8, 4) is 0 Å². The zero-order valence-corrected chi connectivity index (χ0v) is 14.2. The lowest BCUT2D eigenvalue weighted by Crippen LogP contribution is -2.25. The standard InChI is InChI=1S/C17H25N5O2/c1-2-15-14(13-21-8-3-4-9-21)12-16(24-15)17(23)18-6-5-10-22-11-7-19-20-22/h7,11-12H,2-6,8-10,13H2,1H3,(H,18,23). The Bertz CT molecular complexity index is 644. The number of nitrogens with zero attached hydrogens (tertiary/aromatic N) is 4. The minimum absolute atomic E-state index is 0.143. The highest BCUT2D eigenvalue weighted by Gasteiger charge is 2.19. The zero-order chi connectivity index (χ0) is 16.8. The molecular formula is C17H25N5O2. The van der Waals surface area contributed by atoms with E-state index in [2.05, 4.69) is 27.5 Å². The SMILES string of the molecule is CCc1oc(C(=O)NCCCn2ccnn2)cc1CN1CCCC1. The van der Waals surface area contributed by atoms with E-state index in [9.17, 15) is 4.79 Å². The van der Waals surface area contributed by atoms with Gasteiger partial charge in [-0.25, -0.2) is 0 Å². The lowest BCUT2D eigenvalue weighted by molar-refractivity contribution is 0.0923. The summed E-state index contributed by atoms with van der Waals surface area (Å²) in [5, 5.41) is 10.6. The van der Waals surface area contributed by atoms with Crippen LogP contribution in [0, 0.1) is 0 Å². The summed E-state index contributed by atoms with van der Waals surface area (Å²) < 4.78 is 7.53. The third-order valence-corrected chi connectivity index (χ3v) is 4.36. The molecule has 0 atom stereocenters. The first-order valence-corrected chi connectivity index (χ1v) is 8.72. The van der Waals surface area contributed by atoms with Crippen LogP contribution in [0.4, 0.5) is 0 Å². The second-order valence-corrected chi connectivity index (χ2v) is 6.17. The molecule has 3 rings (SSSR count). The van der Waals surface area contributed by atoms with Crippen molar-refractivity contribution in [2.24, 2.45) is 0 Å². The van der Waals surface area contributed by atoms with Gasteiger partial charge in [0.1, 0.15) is 5.76 Å². The molecule has 2 aromatic rings. The van der Waals surface area contributed by atoms with Gasteiger partial charge in [-0.3, -0.25) is 14.4 Å². The van der Waals surface area contributed by atoms with Gasteiger partial charge in [-0.1, -0.05) is 12.1 Å². The van der Waals surface area contributed by atoms with Crippen LogP contribution in [-0.2, 0) is 19.5 Å². The molecule has 1 N–H and O–H groups in total. The number of carbonyl (C=O) groups excluding carboxylic acids is 1. The van der Waals surface area contributed by atoms with Gasteiger partial charge in [-0.15, -0.1) is 5.10 Å². The van der Waals surface area contributed by atoms with Gasteiger partial charge in [0.05, 0.1) is 6.20 Å². The Morgan fingerprint density at radius 3 is 2.92 bits per heavy atom. The van der Waals surface area contributed by atoms with Crippen LogP contribution in [0.5, 0.6) is 0 Å². The fraction of sp³-hybridized carbons (Fsp3) is 0.588. The lowest BCUT2D eigenvalue weighted by atomic mass is 10.2. The summed E-state index contributed by atoms with van der Waals surface area (Å²) >= 11 is 0. The number of hydrogen-bond acceptors (Lipinski definition) is 5. The van der Waals surface area contributed by atoms with E-state index in [0.717, 1.165) is 50.3 Å². The van der Waals surface area contributed by atoms with Crippen molar-refractivity contribution in [1.82, 2.24) is 25.2 Å². The first-order valence-electron chi connectivity index (χ1n) is 8.72. The maximum absolute atomic E-state index is 12.3. The number of aromatic nitrogens is 3. The van der Waals surface area contributed by atoms with E-state index in [0.29, 0.717) is 12.3 Å². The smallest absolute Gasteiger partial charge is 0.287 e. The Labute approximate surface area is 142 Å². The van der Waals surface area contributed by atoms with Gasteiger partial charge in [0.25, 0.3) is 5.91 Å². The Kier molecular flexibility index (Phi) is 5.63. The number of hydrogen-bond donors (Lipinski definition) is 1. The molecule has 1 aliphatic heterocycles. The number of rotatable bonds is 8. The minimum atomic E-state index is -0.143. The average Bonchev–Trinajstić information content (AvgIpc) is 3.33. The molecule has 1 amide bonds. The number of furan rings is 1. The van der Waals surface area contributed by atoms with Crippen molar-refractivity contribution in [1.29, 1.82) is 0 Å². The number of nitrogens with one attached hydrogen (secondary N) is 1. The molecule has 0 spiro atoms. The molecular weight excluding hydrogens is 306 g/mol. The van der Waals surface area contributed by atoms with E-state index in [1.54, 1.807) is 10.9 Å². The molecule has 1 aliphatic rings. The molecule has 0 unspecified atom stereocenters. The van der Waals surface area contributed by atoms with Crippen molar-refractivity contribution in [2.45, 2.75) is 45.7 Å². The van der Waals surface area contributed by atoms with E-state index in [1.165, 1.54) is 12.8 Å².